The topological polar surface area (TPSA) is 41.1 Å². The Labute approximate surface area is 109 Å². The highest BCUT2D eigenvalue weighted by molar-refractivity contribution is 14.1. The highest BCUT2D eigenvalue weighted by Crippen LogP contribution is 2.26. The zero-order valence-corrected chi connectivity index (χ0v) is 11.4. The summed E-state index contributed by atoms with van der Waals surface area (Å²) in [6, 6.07) is 7.86. The van der Waals surface area contributed by atoms with Gasteiger partial charge >= 0.3 is 0 Å². The molecule has 0 bridgehead atoms. The molecule has 1 heterocycles. The van der Waals surface area contributed by atoms with Crippen molar-refractivity contribution < 1.29 is 4.79 Å². The van der Waals surface area contributed by atoms with Gasteiger partial charge in [0.25, 0.3) is 0 Å². The molecule has 4 heteroatoms. The first-order chi connectivity index (χ1) is 7.60. The number of carbonyl (C=O) groups excluding carboxylic acids is 1. The molecule has 1 aliphatic heterocycles. The Kier molecular flexibility index (Phi) is 3.49. The Morgan fingerprint density at radius 1 is 1.56 bits per heavy atom. The first-order valence-corrected chi connectivity index (χ1v) is 6.46. The lowest BCUT2D eigenvalue weighted by Crippen LogP contribution is -2.35. The Bertz CT molecular complexity index is 400. The molecule has 0 saturated carbocycles. The molecule has 86 valence electrons. The van der Waals surface area contributed by atoms with Gasteiger partial charge in [-0.05, 0) is 60.7 Å². The zero-order valence-electron chi connectivity index (χ0n) is 9.22. The highest BCUT2D eigenvalue weighted by Gasteiger charge is 2.36. The van der Waals surface area contributed by atoms with Crippen LogP contribution in [0.4, 0.5) is 5.69 Å². The van der Waals surface area contributed by atoms with Crippen LogP contribution in [0.3, 0.4) is 0 Å². The van der Waals surface area contributed by atoms with Crippen LogP contribution < -0.4 is 10.6 Å². The number of hydrogen-bond acceptors (Lipinski definition) is 2. The molecule has 1 aromatic carbocycles. The van der Waals surface area contributed by atoms with Crippen LogP contribution in [-0.4, -0.2) is 19.0 Å². The average molecular weight is 330 g/mol. The van der Waals surface area contributed by atoms with Crippen molar-refractivity contribution in [2.45, 2.75) is 13.3 Å². The van der Waals surface area contributed by atoms with Gasteiger partial charge in [-0.2, -0.15) is 0 Å². The summed E-state index contributed by atoms with van der Waals surface area (Å²) in [6.07, 6.45) is 0.906. The Morgan fingerprint density at radius 2 is 2.38 bits per heavy atom. The number of carbonyl (C=O) groups is 1. The molecule has 16 heavy (non-hydrogen) atoms. The van der Waals surface area contributed by atoms with Gasteiger partial charge in [-0.15, -0.1) is 0 Å². The molecule has 1 atom stereocenters. The van der Waals surface area contributed by atoms with Gasteiger partial charge in [0.05, 0.1) is 5.41 Å². The van der Waals surface area contributed by atoms with E-state index in [4.69, 9.17) is 0 Å². The fourth-order valence-corrected chi connectivity index (χ4v) is 2.40. The van der Waals surface area contributed by atoms with E-state index in [1.165, 1.54) is 0 Å². The van der Waals surface area contributed by atoms with Crippen LogP contribution in [0.15, 0.2) is 24.3 Å². The second-order valence-electron chi connectivity index (χ2n) is 4.45. The van der Waals surface area contributed by atoms with Crippen LogP contribution >= 0.6 is 22.6 Å². The molecule has 1 unspecified atom stereocenters. The number of anilines is 1. The second-order valence-corrected chi connectivity index (χ2v) is 5.70. The summed E-state index contributed by atoms with van der Waals surface area (Å²) >= 11 is 2.24. The van der Waals surface area contributed by atoms with Crippen LogP contribution in [0.2, 0.25) is 0 Å². The van der Waals surface area contributed by atoms with Gasteiger partial charge < -0.3 is 10.6 Å². The first-order valence-electron chi connectivity index (χ1n) is 5.38. The largest absolute Gasteiger partial charge is 0.326 e. The molecule has 0 aromatic heterocycles. The lowest BCUT2D eigenvalue weighted by molar-refractivity contribution is -0.123. The molecule has 0 spiro atoms. The van der Waals surface area contributed by atoms with E-state index < -0.39 is 0 Å². The minimum atomic E-state index is -0.263. The molecule has 1 fully saturated rings. The summed E-state index contributed by atoms with van der Waals surface area (Å²) in [5, 5.41) is 6.21. The average Bonchev–Trinajstić information content (AvgIpc) is 2.66. The number of benzene rings is 1. The first kappa shape index (κ1) is 11.9. The molecular weight excluding hydrogens is 315 g/mol. The third-order valence-electron chi connectivity index (χ3n) is 3.00. The van der Waals surface area contributed by atoms with E-state index in [0.717, 1.165) is 28.8 Å². The fraction of sp³-hybridized carbons (Fsp3) is 0.417. The molecule has 0 aliphatic carbocycles. The smallest absolute Gasteiger partial charge is 0.231 e. The minimum Gasteiger partial charge on any atom is -0.326 e. The summed E-state index contributed by atoms with van der Waals surface area (Å²) in [6.45, 7) is 3.70. The van der Waals surface area contributed by atoms with E-state index in [1.807, 2.05) is 31.2 Å². The zero-order chi connectivity index (χ0) is 11.6. The third-order valence-corrected chi connectivity index (χ3v) is 3.67. The molecule has 1 amide bonds. The van der Waals surface area contributed by atoms with Crippen molar-refractivity contribution in [1.82, 2.24) is 5.32 Å². The van der Waals surface area contributed by atoms with Gasteiger partial charge in [0.15, 0.2) is 0 Å². The molecule has 1 saturated heterocycles. The van der Waals surface area contributed by atoms with Crippen LogP contribution in [0.1, 0.15) is 13.3 Å². The number of nitrogens with one attached hydrogen (secondary N) is 2. The maximum absolute atomic E-state index is 12.1. The highest BCUT2D eigenvalue weighted by atomic mass is 127. The predicted octanol–water partition coefficient (Wildman–Crippen LogP) is 2.23. The Balaban J connectivity index is 2.07. The number of amides is 1. The van der Waals surface area contributed by atoms with E-state index in [0.29, 0.717) is 0 Å². The number of halogens is 1. The van der Waals surface area contributed by atoms with Crippen molar-refractivity contribution in [3.63, 3.8) is 0 Å². The Morgan fingerprint density at radius 3 is 3.00 bits per heavy atom. The monoisotopic (exact) mass is 330 g/mol. The minimum absolute atomic E-state index is 0.111. The van der Waals surface area contributed by atoms with Crippen LogP contribution in [0, 0.1) is 8.99 Å². The van der Waals surface area contributed by atoms with Crippen molar-refractivity contribution >= 4 is 34.2 Å². The van der Waals surface area contributed by atoms with E-state index in [2.05, 4.69) is 33.2 Å². The van der Waals surface area contributed by atoms with Gasteiger partial charge in [0.1, 0.15) is 0 Å². The van der Waals surface area contributed by atoms with Crippen molar-refractivity contribution in [2.75, 3.05) is 18.4 Å². The summed E-state index contributed by atoms with van der Waals surface area (Å²) in [4.78, 5) is 12.1. The van der Waals surface area contributed by atoms with Gasteiger partial charge in [0.2, 0.25) is 5.91 Å². The molecular formula is C12H15IN2O. The number of rotatable bonds is 2. The predicted molar refractivity (Wildman–Crippen MR) is 73.4 cm³/mol. The summed E-state index contributed by atoms with van der Waals surface area (Å²) in [5.74, 6) is 0.111. The third kappa shape index (κ3) is 2.55. The molecule has 2 rings (SSSR count). The van der Waals surface area contributed by atoms with Crippen molar-refractivity contribution in [3.05, 3.63) is 27.8 Å². The van der Waals surface area contributed by atoms with E-state index in [9.17, 15) is 4.79 Å². The lowest BCUT2D eigenvalue weighted by Gasteiger charge is -2.21. The van der Waals surface area contributed by atoms with Crippen molar-refractivity contribution in [1.29, 1.82) is 0 Å². The maximum atomic E-state index is 12.1. The Hall–Kier alpha value is -0.620. The van der Waals surface area contributed by atoms with Crippen LogP contribution in [0.25, 0.3) is 0 Å². The normalized spacial score (nSPS) is 24.4. The summed E-state index contributed by atoms with van der Waals surface area (Å²) in [7, 11) is 0. The molecule has 3 nitrogen and oxygen atoms in total. The van der Waals surface area contributed by atoms with Crippen LogP contribution in [0.5, 0.6) is 0 Å². The van der Waals surface area contributed by atoms with Crippen LogP contribution in [-0.2, 0) is 4.79 Å². The molecule has 1 aliphatic rings. The van der Waals surface area contributed by atoms with Gasteiger partial charge in [-0.3, -0.25) is 4.79 Å². The SMILES string of the molecule is CC1(C(=O)Nc2cccc(I)c2)CCNC1. The number of hydrogen-bond donors (Lipinski definition) is 2. The van der Waals surface area contributed by atoms with E-state index in [1.54, 1.807) is 0 Å². The lowest BCUT2D eigenvalue weighted by atomic mass is 9.89. The standard InChI is InChI=1S/C12H15IN2O/c1-12(5-6-14-8-12)11(16)15-10-4-2-3-9(13)7-10/h2-4,7,14H,5-6,8H2,1H3,(H,15,16). The van der Waals surface area contributed by atoms with E-state index in [-0.39, 0.29) is 11.3 Å². The van der Waals surface area contributed by atoms with E-state index >= 15 is 0 Å². The molecule has 1 aromatic rings. The van der Waals surface area contributed by atoms with Crippen molar-refractivity contribution in [2.24, 2.45) is 5.41 Å². The quantitative estimate of drug-likeness (QED) is 0.817. The summed E-state index contributed by atoms with van der Waals surface area (Å²) in [5.41, 5.74) is 0.617. The second kappa shape index (κ2) is 4.71. The van der Waals surface area contributed by atoms with Gasteiger partial charge in [-0.1, -0.05) is 6.07 Å². The fourth-order valence-electron chi connectivity index (χ4n) is 1.86. The molecule has 2 N–H and O–H groups in total. The van der Waals surface area contributed by atoms with Gasteiger partial charge in [0, 0.05) is 15.8 Å². The maximum Gasteiger partial charge on any atom is 0.231 e. The van der Waals surface area contributed by atoms with Crippen molar-refractivity contribution in [3.8, 4) is 0 Å². The summed E-state index contributed by atoms with van der Waals surface area (Å²) < 4.78 is 1.13. The molecule has 0 radical (unpaired) electrons. The van der Waals surface area contributed by atoms with Gasteiger partial charge in [-0.25, -0.2) is 0 Å².